The maximum Gasteiger partial charge on any atom is 0.221 e. The number of benzene rings is 1. The number of nitrogens with one attached hydrogen (secondary N) is 1. The molecule has 130 valence electrons. The van der Waals surface area contributed by atoms with Crippen LogP contribution in [0.3, 0.4) is 0 Å². The molecule has 1 aliphatic carbocycles. The Hall–Kier alpha value is -1.10. The lowest BCUT2D eigenvalue weighted by molar-refractivity contribution is -0.122. The highest BCUT2D eigenvalue weighted by Crippen LogP contribution is 2.31. The van der Waals surface area contributed by atoms with Crippen molar-refractivity contribution in [1.82, 2.24) is 10.2 Å². The summed E-state index contributed by atoms with van der Waals surface area (Å²) in [5, 5.41) is 3.11. The van der Waals surface area contributed by atoms with Crippen LogP contribution in [0.5, 0.6) is 0 Å². The fourth-order valence-electron chi connectivity index (χ4n) is 3.35. The van der Waals surface area contributed by atoms with Crippen molar-refractivity contribution in [2.75, 3.05) is 20.6 Å². The predicted molar refractivity (Wildman–Crippen MR) is 97.7 cm³/mol. The molecule has 0 spiro atoms. The smallest absolute Gasteiger partial charge is 0.221 e. The zero-order valence-corrected chi connectivity index (χ0v) is 15.1. The van der Waals surface area contributed by atoms with Gasteiger partial charge < -0.3 is 16.0 Å². The van der Waals surface area contributed by atoms with Crippen LogP contribution in [-0.2, 0) is 4.79 Å². The Morgan fingerprint density at radius 3 is 2.39 bits per heavy atom. The molecule has 0 aliphatic heterocycles. The molecule has 1 aromatic carbocycles. The number of rotatable bonds is 6. The highest BCUT2D eigenvalue weighted by molar-refractivity contribution is 5.85. The Morgan fingerprint density at radius 2 is 1.83 bits per heavy atom. The van der Waals surface area contributed by atoms with Gasteiger partial charge >= 0.3 is 0 Å². The van der Waals surface area contributed by atoms with Crippen molar-refractivity contribution >= 4 is 18.3 Å². The number of likely N-dealkylation sites (N-methyl/N-ethyl adjacent to an activating group) is 1. The van der Waals surface area contributed by atoms with E-state index >= 15 is 0 Å². The highest BCUT2D eigenvalue weighted by Gasteiger charge is 2.34. The van der Waals surface area contributed by atoms with E-state index in [0.717, 1.165) is 24.9 Å². The molecule has 1 atom stereocenters. The summed E-state index contributed by atoms with van der Waals surface area (Å²) in [4.78, 5) is 14.5. The van der Waals surface area contributed by atoms with Gasteiger partial charge in [-0.25, -0.2) is 0 Å². The molecule has 1 unspecified atom stereocenters. The van der Waals surface area contributed by atoms with Crippen molar-refractivity contribution < 1.29 is 4.79 Å². The molecule has 2 rings (SSSR count). The number of hydrogen-bond donors (Lipinski definition) is 2. The van der Waals surface area contributed by atoms with Crippen LogP contribution in [0.25, 0.3) is 0 Å². The van der Waals surface area contributed by atoms with E-state index in [0.29, 0.717) is 6.42 Å². The molecular formula is C18H30ClN3O. The van der Waals surface area contributed by atoms with Gasteiger partial charge in [-0.05, 0) is 32.5 Å². The van der Waals surface area contributed by atoms with Gasteiger partial charge in [0.15, 0.2) is 0 Å². The molecular weight excluding hydrogens is 310 g/mol. The minimum Gasteiger partial charge on any atom is -0.354 e. The molecule has 0 aromatic heterocycles. The van der Waals surface area contributed by atoms with Gasteiger partial charge in [0.05, 0.1) is 0 Å². The first-order chi connectivity index (χ1) is 10.5. The lowest BCUT2D eigenvalue weighted by atomic mass is 9.80. The summed E-state index contributed by atoms with van der Waals surface area (Å²) >= 11 is 0. The molecule has 0 heterocycles. The average Bonchev–Trinajstić information content (AvgIpc) is 2.54. The standard InChI is InChI=1S/C18H29N3O.ClH/c1-21(2)18(11-7-4-8-12-18)14-20-17(22)13-16(19)15-9-5-3-6-10-15;/h3,5-6,9-10,16H,4,7-8,11-14,19H2,1-2H3,(H,20,22);1H. The number of nitrogens with zero attached hydrogens (tertiary/aromatic N) is 1. The first kappa shape index (κ1) is 19.9. The topological polar surface area (TPSA) is 58.4 Å². The summed E-state index contributed by atoms with van der Waals surface area (Å²) < 4.78 is 0. The van der Waals surface area contributed by atoms with Crippen molar-refractivity contribution in [3.8, 4) is 0 Å². The molecule has 1 aromatic rings. The second-order valence-corrected chi connectivity index (χ2v) is 6.68. The number of carbonyl (C=O) groups excluding carboxylic acids is 1. The maximum absolute atomic E-state index is 12.2. The summed E-state index contributed by atoms with van der Waals surface area (Å²) in [6, 6.07) is 9.58. The number of nitrogens with two attached hydrogens (primary N) is 1. The van der Waals surface area contributed by atoms with Gasteiger partial charge in [0.2, 0.25) is 5.91 Å². The van der Waals surface area contributed by atoms with Crippen LogP contribution in [0.2, 0.25) is 0 Å². The van der Waals surface area contributed by atoms with Gasteiger partial charge in [-0.2, -0.15) is 0 Å². The summed E-state index contributed by atoms with van der Waals surface area (Å²) in [6.45, 7) is 0.723. The zero-order valence-electron chi connectivity index (χ0n) is 14.3. The molecule has 0 radical (unpaired) electrons. The van der Waals surface area contributed by atoms with E-state index in [2.05, 4.69) is 24.3 Å². The van der Waals surface area contributed by atoms with Gasteiger partial charge in [-0.15, -0.1) is 12.4 Å². The SMILES string of the molecule is CN(C)C1(CNC(=O)CC(N)c2ccccc2)CCCCC1.Cl. The van der Waals surface area contributed by atoms with E-state index in [-0.39, 0.29) is 29.9 Å². The monoisotopic (exact) mass is 339 g/mol. The second-order valence-electron chi connectivity index (χ2n) is 6.68. The second kappa shape index (κ2) is 9.26. The Labute approximate surface area is 146 Å². The molecule has 1 fully saturated rings. The van der Waals surface area contributed by atoms with Crippen molar-refractivity contribution in [1.29, 1.82) is 0 Å². The van der Waals surface area contributed by atoms with Gasteiger partial charge in [-0.1, -0.05) is 49.6 Å². The van der Waals surface area contributed by atoms with Crippen LogP contribution in [0.1, 0.15) is 50.1 Å². The number of hydrogen-bond acceptors (Lipinski definition) is 3. The van der Waals surface area contributed by atoms with Crippen LogP contribution in [0.4, 0.5) is 0 Å². The van der Waals surface area contributed by atoms with Gasteiger partial charge in [0, 0.05) is 24.5 Å². The van der Waals surface area contributed by atoms with Crippen molar-refractivity contribution in [3.05, 3.63) is 35.9 Å². The van der Waals surface area contributed by atoms with Crippen LogP contribution in [-0.4, -0.2) is 37.0 Å². The van der Waals surface area contributed by atoms with Gasteiger partial charge in [0.1, 0.15) is 0 Å². The van der Waals surface area contributed by atoms with Crippen molar-refractivity contribution in [3.63, 3.8) is 0 Å². The fraction of sp³-hybridized carbons (Fsp3) is 0.611. The summed E-state index contributed by atoms with van der Waals surface area (Å²) in [5.74, 6) is 0.0446. The van der Waals surface area contributed by atoms with E-state index in [1.165, 1.54) is 19.3 Å². The summed E-state index contributed by atoms with van der Waals surface area (Å²) in [6.07, 6.45) is 6.46. The van der Waals surface area contributed by atoms with E-state index in [1.54, 1.807) is 0 Å². The van der Waals surface area contributed by atoms with E-state index in [9.17, 15) is 4.79 Å². The van der Waals surface area contributed by atoms with Gasteiger partial charge in [0.25, 0.3) is 0 Å². The summed E-state index contributed by atoms with van der Waals surface area (Å²) in [5.41, 5.74) is 7.25. The third kappa shape index (κ3) is 5.48. The molecule has 3 N–H and O–H groups in total. The first-order valence-corrected chi connectivity index (χ1v) is 8.28. The maximum atomic E-state index is 12.2. The number of halogens is 1. The zero-order chi connectivity index (χ0) is 16.0. The number of amides is 1. The number of carbonyl (C=O) groups is 1. The fourth-order valence-corrected chi connectivity index (χ4v) is 3.35. The largest absolute Gasteiger partial charge is 0.354 e. The Bertz CT molecular complexity index is 472. The van der Waals surface area contributed by atoms with Gasteiger partial charge in [-0.3, -0.25) is 4.79 Å². The Morgan fingerprint density at radius 1 is 1.22 bits per heavy atom. The quantitative estimate of drug-likeness (QED) is 0.837. The molecule has 1 aliphatic rings. The minimum absolute atomic E-state index is 0. The van der Waals surface area contributed by atoms with Crippen LogP contribution in [0.15, 0.2) is 30.3 Å². The minimum atomic E-state index is -0.233. The third-order valence-electron chi connectivity index (χ3n) is 4.98. The predicted octanol–water partition coefficient (Wildman–Crippen LogP) is 2.88. The molecule has 4 nitrogen and oxygen atoms in total. The summed E-state index contributed by atoms with van der Waals surface area (Å²) in [7, 11) is 4.24. The normalized spacial score (nSPS) is 18.1. The van der Waals surface area contributed by atoms with E-state index in [4.69, 9.17) is 5.73 Å². The lowest BCUT2D eigenvalue weighted by Crippen LogP contribution is -2.54. The molecule has 0 saturated heterocycles. The van der Waals surface area contributed by atoms with Crippen LogP contribution < -0.4 is 11.1 Å². The van der Waals surface area contributed by atoms with Crippen LogP contribution >= 0.6 is 12.4 Å². The molecule has 1 amide bonds. The average molecular weight is 340 g/mol. The van der Waals surface area contributed by atoms with Crippen LogP contribution in [0, 0.1) is 0 Å². The molecule has 5 heteroatoms. The van der Waals surface area contributed by atoms with E-state index in [1.807, 2.05) is 30.3 Å². The molecule has 0 bridgehead atoms. The first-order valence-electron chi connectivity index (χ1n) is 8.28. The Kier molecular flexibility index (Phi) is 8.03. The third-order valence-corrected chi connectivity index (χ3v) is 4.98. The molecule has 1 saturated carbocycles. The van der Waals surface area contributed by atoms with E-state index < -0.39 is 0 Å². The Balaban J connectivity index is 0.00000264. The highest BCUT2D eigenvalue weighted by atomic mass is 35.5. The van der Waals surface area contributed by atoms with Crippen molar-refractivity contribution in [2.24, 2.45) is 5.73 Å². The lowest BCUT2D eigenvalue weighted by Gasteiger charge is -2.43. The van der Waals surface area contributed by atoms with Crippen molar-refractivity contribution in [2.45, 2.75) is 50.1 Å². The molecule has 23 heavy (non-hydrogen) atoms.